The number of fused-ring (bicyclic) bond motifs is 1. The van der Waals surface area contributed by atoms with E-state index in [1.807, 2.05) is 4.90 Å². The Morgan fingerprint density at radius 2 is 1.79 bits per heavy atom. The van der Waals surface area contributed by atoms with Crippen molar-refractivity contribution in [3.8, 4) is 0 Å². The zero-order valence-corrected chi connectivity index (χ0v) is 15.0. The zero-order valence-electron chi connectivity index (χ0n) is 14.2. The van der Waals surface area contributed by atoms with E-state index in [1.165, 1.54) is 37.0 Å². The summed E-state index contributed by atoms with van der Waals surface area (Å²) in [6.07, 6.45) is 6.92. The minimum absolute atomic E-state index is 0.0615. The number of sulfonamides is 1. The van der Waals surface area contributed by atoms with Gasteiger partial charge in [0.15, 0.2) is 0 Å². The Morgan fingerprint density at radius 3 is 2.54 bits per heavy atom. The van der Waals surface area contributed by atoms with Gasteiger partial charge in [-0.3, -0.25) is 4.79 Å². The van der Waals surface area contributed by atoms with Crippen molar-refractivity contribution in [3.05, 3.63) is 30.3 Å². The van der Waals surface area contributed by atoms with Crippen LogP contribution >= 0.6 is 0 Å². The van der Waals surface area contributed by atoms with Gasteiger partial charge in [-0.15, -0.1) is 0 Å². The first-order chi connectivity index (χ1) is 11.5. The topological polar surface area (TPSA) is 57.7 Å². The van der Waals surface area contributed by atoms with Gasteiger partial charge in [-0.1, -0.05) is 31.0 Å². The first-order valence-electron chi connectivity index (χ1n) is 8.81. The summed E-state index contributed by atoms with van der Waals surface area (Å²) in [7, 11) is -2.13. The lowest BCUT2D eigenvalue weighted by atomic mass is 9.78. The number of piperidine rings is 1. The second-order valence-electron chi connectivity index (χ2n) is 6.92. The highest BCUT2D eigenvalue weighted by molar-refractivity contribution is 7.89. The molecule has 0 unspecified atom stereocenters. The molecule has 1 saturated carbocycles. The SMILES string of the molecule is CN(CC(=O)N1CCC[C@H]2CCCC[C@H]21)S(=O)(=O)c1ccccc1. The van der Waals surface area contributed by atoms with E-state index in [-0.39, 0.29) is 17.3 Å². The number of amides is 1. The molecular formula is C18H26N2O3S. The summed E-state index contributed by atoms with van der Waals surface area (Å²) in [6, 6.07) is 8.61. The maximum Gasteiger partial charge on any atom is 0.243 e. The predicted molar refractivity (Wildman–Crippen MR) is 93.0 cm³/mol. The Bertz CT molecular complexity index is 673. The third kappa shape index (κ3) is 3.49. The number of hydrogen-bond donors (Lipinski definition) is 0. The van der Waals surface area contributed by atoms with Crippen LogP contribution in [-0.2, 0) is 14.8 Å². The van der Waals surface area contributed by atoms with E-state index >= 15 is 0 Å². The lowest BCUT2D eigenvalue weighted by Crippen LogP contribution is -2.52. The van der Waals surface area contributed by atoms with Crippen molar-refractivity contribution in [3.63, 3.8) is 0 Å². The lowest BCUT2D eigenvalue weighted by Gasteiger charge is -2.44. The average molecular weight is 350 g/mol. The molecule has 1 aliphatic carbocycles. The fourth-order valence-corrected chi connectivity index (χ4v) is 5.21. The molecule has 5 nitrogen and oxygen atoms in total. The van der Waals surface area contributed by atoms with E-state index in [2.05, 4.69) is 0 Å². The number of carbonyl (C=O) groups is 1. The van der Waals surface area contributed by atoms with Crippen molar-refractivity contribution >= 4 is 15.9 Å². The van der Waals surface area contributed by atoms with E-state index in [4.69, 9.17) is 0 Å². The molecule has 0 spiro atoms. The standard InChI is InChI=1S/C18H26N2O3S/c1-19(24(22,23)16-10-3-2-4-11-16)14-18(21)20-13-7-9-15-8-5-6-12-17(15)20/h2-4,10-11,15,17H,5-9,12-14H2,1H3/t15-,17-/m1/s1. The molecule has 0 aromatic heterocycles. The largest absolute Gasteiger partial charge is 0.338 e. The Kier molecular flexibility index (Phi) is 5.25. The van der Waals surface area contributed by atoms with Crippen LogP contribution in [0.2, 0.25) is 0 Å². The summed E-state index contributed by atoms with van der Waals surface area (Å²) < 4.78 is 26.4. The van der Waals surface area contributed by atoms with Crippen LogP contribution in [0.5, 0.6) is 0 Å². The molecule has 2 aliphatic rings. The van der Waals surface area contributed by atoms with Crippen LogP contribution in [0, 0.1) is 5.92 Å². The highest BCUT2D eigenvalue weighted by Crippen LogP contribution is 2.35. The Balaban J connectivity index is 1.69. The number of likely N-dealkylation sites (N-methyl/N-ethyl adjacent to an activating group) is 1. The van der Waals surface area contributed by atoms with Crippen LogP contribution in [0.15, 0.2) is 35.2 Å². The molecular weight excluding hydrogens is 324 g/mol. The molecule has 1 aliphatic heterocycles. The van der Waals surface area contributed by atoms with Gasteiger partial charge >= 0.3 is 0 Å². The third-order valence-electron chi connectivity index (χ3n) is 5.37. The van der Waals surface area contributed by atoms with Gasteiger partial charge in [0, 0.05) is 19.6 Å². The summed E-state index contributed by atoms with van der Waals surface area (Å²) in [6.45, 7) is 0.680. The predicted octanol–water partition coefficient (Wildman–Crippen LogP) is 2.49. The van der Waals surface area contributed by atoms with Gasteiger partial charge in [-0.05, 0) is 43.7 Å². The summed E-state index contributed by atoms with van der Waals surface area (Å²) in [4.78, 5) is 14.9. The number of benzene rings is 1. The van der Waals surface area contributed by atoms with Crippen LogP contribution < -0.4 is 0 Å². The zero-order chi connectivity index (χ0) is 17.2. The monoisotopic (exact) mass is 350 g/mol. The fraction of sp³-hybridized carbons (Fsp3) is 0.611. The number of likely N-dealkylation sites (tertiary alicyclic amines) is 1. The molecule has 3 rings (SSSR count). The van der Waals surface area contributed by atoms with Crippen LogP contribution in [0.1, 0.15) is 38.5 Å². The summed E-state index contributed by atoms with van der Waals surface area (Å²) >= 11 is 0. The van der Waals surface area contributed by atoms with Gasteiger partial charge in [0.25, 0.3) is 0 Å². The highest BCUT2D eigenvalue weighted by atomic mass is 32.2. The molecule has 1 saturated heterocycles. The first kappa shape index (κ1) is 17.4. The van der Waals surface area contributed by atoms with Gasteiger partial charge in [0.1, 0.15) is 0 Å². The number of hydrogen-bond acceptors (Lipinski definition) is 3. The van der Waals surface area contributed by atoms with Crippen LogP contribution in [0.25, 0.3) is 0 Å². The van der Waals surface area contributed by atoms with Crippen LogP contribution in [0.3, 0.4) is 0 Å². The molecule has 132 valence electrons. The van der Waals surface area contributed by atoms with E-state index in [0.29, 0.717) is 12.0 Å². The Hall–Kier alpha value is -1.40. The van der Waals surface area contributed by atoms with Crippen LogP contribution in [-0.4, -0.2) is 49.7 Å². The Labute approximate surface area is 144 Å². The molecule has 0 radical (unpaired) electrons. The summed E-state index contributed by atoms with van der Waals surface area (Å²) in [5.74, 6) is 0.543. The molecule has 6 heteroatoms. The molecule has 2 fully saturated rings. The third-order valence-corrected chi connectivity index (χ3v) is 7.19. The summed E-state index contributed by atoms with van der Waals surface area (Å²) in [5.41, 5.74) is 0. The highest BCUT2D eigenvalue weighted by Gasteiger charge is 2.36. The average Bonchev–Trinajstić information content (AvgIpc) is 2.61. The van der Waals surface area contributed by atoms with E-state index in [1.54, 1.807) is 30.3 Å². The molecule has 1 amide bonds. The fourth-order valence-electron chi connectivity index (χ4n) is 4.07. The molecule has 0 N–H and O–H groups in total. The van der Waals surface area contributed by atoms with Gasteiger partial charge in [-0.2, -0.15) is 4.31 Å². The lowest BCUT2D eigenvalue weighted by molar-refractivity contribution is -0.137. The molecule has 24 heavy (non-hydrogen) atoms. The minimum atomic E-state index is -3.62. The minimum Gasteiger partial charge on any atom is -0.338 e. The normalized spacial score (nSPS) is 24.7. The van der Waals surface area contributed by atoms with Crippen molar-refractivity contribution in [2.24, 2.45) is 5.92 Å². The summed E-state index contributed by atoms with van der Waals surface area (Å²) in [5, 5.41) is 0. The van der Waals surface area contributed by atoms with Crippen molar-refractivity contribution in [2.75, 3.05) is 20.1 Å². The van der Waals surface area contributed by atoms with Gasteiger partial charge < -0.3 is 4.90 Å². The number of rotatable bonds is 4. The van der Waals surface area contributed by atoms with E-state index in [0.717, 1.165) is 19.4 Å². The second kappa shape index (κ2) is 7.23. The molecule has 2 atom stereocenters. The van der Waals surface area contributed by atoms with Crippen LogP contribution in [0.4, 0.5) is 0 Å². The van der Waals surface area contributed by atoms with E-state index in [9.17, 15) is 13.2 Å². The number of nitrogens with zero attached hydrogens (tertiary/aromatic N) is 2. The molecule has 1 aromatic carbocycles. The smallest absolute Gasteiger partial charge is 0.243 e. The quantitative estimate of drug-likeness (QED) is 0.838. The second-order valence-corrected chi connectivity index (χ2v) is 8.96. The maximum absolute atomic E-state index is 12.8. The van der Waals surface area contributed by atoms with E-state index < -0.39 is 10.0 Å². The van der Waals surface area contributed by atoms with Crippen molar-refractivity contribution in [1.82, 2.24) is 9.21 Å². The molecule has 1 heterocycles. The molecule has 0 bridgehead atoms. The van der Waals surface area contributed by atoms with Gasteiger partial charge in [0.05, 0.1) is 11.4 Å². The van der Waals surface area contributed by atoms with Gasteiger partial charge in [0.2, 0.25) is 15.9 Å². The number of carbonyl (C=O) groups excluding carboxylic acids is 1. The van der Waals surface area contributed by atoms with Crippen molar-refractivity contribution in [1.29, 1.82) is 0 Å². The maximum atomic E-state index is 12.8. The first-order valence-corrected chi connectivity index (χ1v) is 10.2. The van der Waals surface area contributed by atoms with Crippen molar-refractivity contribution in [2.45, 2.75) is 49.5 Å². The molecule has 1 aromatic rings. The van der Waals surface area contributed by atoms with Gasteiger partial charge in [-0.25, -0.2) is 8.42 Å². The Morgan fingerprint density at radius 1 is 1.12 bits per heavy atom. The van der Waals surface area contributed by atoms with Crippen molar-refractivity contribution < 1.29 is 13.2 Å².